The van der Waals surface area contributed by atoms with Crippen LogP contribution in [0.3, 0.4) is 0 Å². The molecule has 0 saturated heterocycles. The van der Waals surface area contributed by atoms with E-state index >= 15 is 0 Å². The summed E-state index contributed by atoms with van der Waals surface area (Å²) in [6.07, 6.45) is 6.17. The maximum Gasteiger partial charge on any atom is 0.276 e. The van der Waals surface area contributed by atoms with Gasteiger partial charge in [-0.3, -0.25) is 4.79 Å². The summed E-state index contributed by atoms with van der Waals surface area (Å²) in [7, 11) is -5.58. The van der Waals surface area contributed by atoms with Crippen LogP contribution in [0.5, 0.6) is 0 Å². The molecule has 0 spiro atoms. The van der Waals surface area contributed by atoms with Crippen LogP contribution in [0.25, 0.3) is 0 Å². The molecule has 0 amide bonds. The van der Waals surface area contributed by atoms with Gasteiger partial charge in [-0.1, -0.05) is 67.2 Å². The fourth-order valence-electron chi connectivity index (χ4n) is 2.68. The van der Waals surface area contributed by atoms with Crippen molar-refractivity contribution in [3.63, 3.8) is 0 Å². The van der Waals surface area contributed by atoms with Crippen molar-refractivity contribution in [3.05, 3.63) is 0 Å². The number of Topliss-reactive ketones (excluding diaryl/α,β-unsaturated/α-hetero) is 1. The Morgan fingerprint density at radius 2 is 1.42 bits per heavy atom. The molecule has 0 fully saturated rings. The van der Waals surface area contributed by atoms with E-state index in [1.165, 1.54) is 0 Å². The van der Waals surface area contributed by atoms with E-state index in [4.69, 9.17) is 3.63 Å². The first-order chi connectivity index (χ1) is 11.1. The lowest BCUT2D eigenvalue weighted by molar-refractivity contribution is -0.116. The standard InChI is InChI=1S/C18H38O4S2/c1-7-9-11-12-13-18(19)15-23(16(3)4,17(5)6)22-24(20,21)14-10-8-2/h16-17H,7-15H2,1-6H3. The van der Waals surface area contributed by atoms with Crippen molar-refractivity contribution in [1.82, 2.24) is 0 Å². The van der Waals surface area contributed by atoms with E-state index in [9.17, 15) is 13.2 Å². The minimum absolute atomic E-state index is 0.0356. The first-order valence-electron chi connectivity index (χ1n) is 9.35. The van der Waals surface area contributed by atoms with Crippen molar-refractivity contribution in [3.8, 4) is 0 Å². The van der Waals surface area contributed by atoms with Crippen LogP contribution in [0.2, 0.25) is 0 Å². The highest BCUT2D eigenvalue weighted by molar-refractivity contribution is 8.34. The zero-order valence-corrected chi connectivity index (χ0v) is 18.1. The smallest absolute Gasteiger partial charge is 0.276 e. The van der Waals surface area contributed by atoms with Gasteiger partial charge in [0.25, 0.3) is 10.1 Å². The highest BCUT2D eigenvalue weighted by atomic mass is 32.3. The Kier molecular flexibility index (Phi) is 11.5. The summed E-state index contributed by atoms with van der Waals surface area (Å²) in [5.74, 6) is 0.455. The topological polar surface area (TPSA) is 60.4 Å². The first kappa shape index (κ1) is 23.9. The predicted octanol–water partition coefficient (Wildman–Crippen LogP) is 5.21. The van der Waals surface area contributed by atoms with E-state index in [1.54, 1.807) is 0 Å². The van der Waals surface area contributed by atoms with E-state index in [2.05, 4.69) is 6.92 Å². The van der Waals surface area contributed by atoms with Gasteiger partial charge in [0.05, 0.1) is 11.5 Å². The molecule has 0 bridgehead atoms. The molecule has 0 aliphatic carbocycles. The van der Waals surface area contributed by atoms with Gasteiger partial charge >= 0.3 is 0 Å². The molecule has 4 nitrogen and oxygen atoms in total. The van der Waals surface area contributed by atoms with Gasteiger partial charge in [0.15, 0.2) is 0 Å². The SMILES string of the molecule is CCCCCCC(=O)CS(OS(=O)(=O)CCCC)(C(C)C)C(C)C. The Morgan fingerprint density at radius 1 is 0.875 bits per heavy atom. The maximum absolute atomic E-state index is 12.5. The van der Waals surface area contributed by atoms with Crippen molar-refractivity contribution in [2.45, 2.75) is 97.0 Å². The molecule has 0 aliphatic heterocycles. The monoisotopic (exact) mass is 382 g/mol. The molecule has 146 valence electrons. The van der Waals surface area contributed by atoms with Gasteiger partial charge in [-0.2, -0.15) is 8.42 Å². The lowest BCUT2D eigenvalue weighted by Crippen LogP contribution is -2.32. The molecule has 0 heterocycles. The average molecular weight is 383 g/mol. The van der Waals surface area contributed by atoms with Gasteiger partial charge in [0.1, 0.15) is 5.78 Å². The highest BCUT2D eigenvalue weighted by Crippen LogP contribution is 2.59. The molecule has 0 N–H and O–H groups in total. The Bertz CT molecular complexity index is 448. The van der Waals surface area contributed by atoms with Crippen LogP contribution in [-0.2, 0) is 18.5 Å². The third-order valence-electron chi connectivity index (χ3n) is 4.27. The molecular formula is C18H38O4S2. The summed E-state index contributed by atoms with van der Waals surface area (Å²) in [6.45, 7) is 12.0. The summed E-state index contributed by atoms with van der Waals surface area (Å²) in [5.41, 5.74) is 0. The maximum atomic E-state index is 12.5. The second kappa shape index (κ2) is 11.5. The van der Waals surface area contributed by atoms with Gasteiger partial charge in [-0.05, 0) is 12.8 Å². The first-order valence-corrected chi connectivity index (χ1v) is 12.8. The van der Waals surface area contributed by atoms with E-state index in [-0.39, 0.29) is 27.8 Å². The molecule has 0 unspecified atom stereocenters. The molecule has 0 atom stereocenters. The molecule has 0 aromatic carbocycles. The second-order valence-corrected chi connectivity index (χ2v) is 12.9. The fraction of sp³-hybridized carbons (Fsp3) is 0.944. The van der Waals surface area contributed by atoms with E-state index in [1.807, 2.05) is 34.6 Å². The Morgan fingerprint density at radius 3 is 1.88 bits per heavy atom. The highest BCUT2D eigenvalue weighted by Gasteiger charge is 2.39. The predicted molar refractivity (Wildman–Crippen MR) is 106 cm³/mol. The van der Waals surface area contributed by atoms with Crippen molar-refractivity contribution in [1.29, 1.82) is 0 Å². The third kappa shape index (κ3) is 8.34. The Balaban J connectivity index is 5.12. The van der Waals surface area contributed by atoms with E-state index in [0.717, 1.165) is 32.1 Å². The average Bonchev–Trinajstić information content (AvgIpc) is 2.48. The van der Waals surface area contributed by atoms with Gasteiger partial charge in [0, 0.05) is 16.9 Å². The van der Waals surface area contributed by atoms with E-state index in [0.29, 0.717) is 12.8 Å². The molecule has 6 heteroatoms. The Labute approximate surface area is 151 Å². The molecule has 0 aromatic heterocycles. The molecule has 0 saturated carbocycles. The summed E-state index contributed by atoms with van der Waals surface area (Å²) >= 11 is 0. The third-order valence-corrected chi connectivity index (χ3v) is 10.9. The van der Waals surface area contributed by atoms with Crippen molar-refractivity contribution < 1.29 is 16.8 Å². The number of hydrogen-bond acceptors (Lipinski definition) is 4. The molecular weight excluding hydrogens is 344 g/mol. The van der Waals surface area contributed by atoms with Crippen LogP contribution in [0.15, 0.2) is 0 Å². The van der Waals surface area contributed by atoms with Crippen LogP contribution >= 0.6 is 10.3 Å². The van der Waals surface area contributed by atoms with Gasteiger partial charge < -0.3 is 0 Å². The summed E-state index contributed by atoms with van der Waals surface area (Å²) in [4.78, 5) is 12.5. The number of ketones is 1. The summed E-state index contributed by atoms with van der Waals surface area (Å²) in [5, 5.41) is 0.0713. The zero-order chi connectivity index (χ0) is 18.8. The van der Waals surface area contributed by atoms with Crippen LogP contribution in [0.4, 0.5) is 0 Å². The summed E-state index contributed by atoms with van der Waals surface area (Å²) < 4.78 is 30.5. The van der Waals surface area contributed by atoms with Crippen LogP contribution in [0, 0.1) is 0 Å². The summed E-state index contributed by atoms with van der Waals surface area (Å²) in [6, 6.07) is 0. The number of carbonyl (C=O) groups excluding carboxylic acids is 1. The number of carbonyl (C=O) groups is 1. The zero-order valence-electron chi connectivity index (χ0n) is 16.5. The van der Waals surface area contributed by atoms with Crippen molar-refractivity contribution in [2.75, 3.05) is 11.5 Å². The minimum Gasteiger partial charge on any atom is -0.299 e. The minimum atomic E-state index is -3.58. The lowest BCUT2D eigenvalue weighted by Gasteiger charge is -2.45. The number of unbranched alkanes of at least 4 members (excludes halogenated alkanes) is 4. The Hall–Kier alpha value is -0.0700. The molecule has 0 rings (SSSR count). The lowest BCUT2D eigenvalue weighted by atomic mass is 10.1. The molecule has 0 aliphatic rings. The molecule has 24 heavy (non-hydrogen) atoms. The van der Waals surface area contributed by atoms with Crippen LogP contribution in [0.1, 0.15) is 86.5 Å². The van der Waals surface area contributed by atoms with Gasteiger partial charge in [-0.15, -0.1) is 10.3 Å². The van der Waals surface area contributed by atoms with Gasteiger partial charge in [0.2, 0.25) is 0 Å². The quantitative estimate of drug-likeness (QED) is 0.387. The molecule has 0 aromatic rings. The van der Waals surface area contributed by atoms with Crippen molar-refractivity contribution in [2.24, 2.45) is 0 Å². The van der Waals surface area contributed by atoms with Crippen LogP contribution in [-0.4, -0.2) is 36.2 Å². The number of rotatable bonds is 14. The fourth-order valence-corrected chi connectivity index (χ4v) is 8.99. The van der Waals surface area contributed by atoms with Crippen LogP contribution < -0.4 is 0 Å². The van der Waals surface area contributed by atoms with Crippen molar-refractivity contribution >= 4 is 26.2 Å². The normalized spacial score (nSPS) is 13.7. The molecule has 0 radical (unpaired) electrons. The second-order valence-electron chi connectivity index (χ2n) is 7.05. The van der Waals surface area contributed by atoms with E-state index < -0.39 is 20.4 Å². The largest absolute Gasteiger partial charge is 0.299 e. The number of hydrogen-bond donors (Lipinski definition) is 0. The van der Waals surface area contributed by atoms with Gasteiger partial charge in [-0.25, -0.2) is 3.63 Å².